The molecule has 4 aromatic rings. The van der Waals surface area contributed by atoms with Crippen LogP contribution in [0.25, 0.3) is 11.0 Å². The number of aryl methyl sites for hydroxylation is 2. The van der Waals surface area contributed by atoms with Gasteiger partial charge in [-0.2, -0.15) is 0 Å². The number of hydrogen-bond acceptors (Lipinski definition) is 7. The third-order valence-electron chi connectivity index (χ3n) is 5.30. The number of amides is 2. The lowest BCUT2D eigenvalue weighted by Crippen LogP contribution is -2.14. The molecule has 0 bridgehead atoms. The molecule has 0 radical (unpaired) electrons. The van der Waals surface area contributed by atoms with E-state index < -0.39 is 6.16 Å². The minimum absolute atomic E-state index is 0.204. The van der Waals surface area contributed by atoms with E-state index in [1.165, 1.54) is 24.3 Å². The first-order valence-corrected chi connectivity index (χ1v) is 11.2. The summed E-state index contributed by atoms with van der Waals surface area (Å²) in [5.74, 6) is -0.405. The van der Waals surface area contributed by atoms with Crippen molar-refractivity contribution in [2.75, 3.05) is 17.2 Å². The van der Waals surface area contributed by atoms with E-state index in [1.54, 1.807) is 49.4 Å². The summed E-state index contributed by atoms with van der Waals surface area (Å²) >= 11 is 0. The predicted molar refractivity (Wildman–Crippen MR) is 135 cm³/mol. The summed E-state index contributed by atoms with van der Waals surface area (Å²) < 4.78 is 9.71. The van der Waals surface area contributed by atoms with Gasteiger partial charge in [0.15, 0.2) is 0 Å². The summed E-state index contributed by atoms with van der Waals surface area (Å²) in [7, 11) is 0. The van der Waals surface area contributed by atoms with Crippen LogP contribution in [0.2, 0.25) is 0 Å². The highest BCUT2D eigenvalue weighted by molar-refractivity contribution is 6.07. The number of hydrogen-bond donors (Lipinski definition) is 2. The summed E-state index contributed by atoms with van der Waals surface area (Å²) in [6, 6.07) is 18.0. The highest BCUT2D eigenvalue weighted by Crippen LogP contribution is 2.20. The van der Waals surface area contributed by atoms with Gasteiger partial charge in [0.25, 0.3) is 11.8 Å². The highest BCUT2D eigenvalue weighted by Gasteiger charge is 2.12. The highest BCUT2D eigenvalue weighted by atomic mass is 16.7. The zero-order valence-corrected chi connectivity index (χ0v) is 20.0. The molecule has 0 aliphatic carbocycles. The predicted octanol–water partition coefficient (Wildman–Crippen LogP) is 5.29. The SMILES string of the molecule is CCOC(=O)Oc1ccc(C(=O)Nc2cccc(NC(=O)c3ccc4nc(C)c(C)nc4c3)c2)cc1. The second kappa shape index (κ2) is 10.6. The fourth-order valence-electron chi connectivity index (χ4n) is 3.37. The zero-order chi connectivity index (χ0) is 25.7. The van der Waals surface area contributed by atoms with Gasteiger partial charge in [0.05, 0.1) is 29.0 Å². The number of carbonyl (C=O) groups excluding carboxylic acids is 3. The van der Waals surface area contributed by atoms with Gasteiger partial charge in [0.2, 0.25) is 0 Å². The summed E-state index contributed by atoms with van der Waals surface area (Å²) in [6.07, 6.45) is -0.810. The Hall–Kier alpha value is -4.79. The summed E-state index contributed by atoms with van der Waals surface area (Å²) in [5.41, 5.74) is 4.85. The van der Waals surface area contributed by atoms with Gasteiger partial charge in [0, 0.05) is 22.5 Å². The number of nitrogens with zero attached hydrogens (tertiary/aromatic N) is 2. The maximum Gasteiger partial charge on any atom is 0.513 e. The molecule has 9 nitrogen and oxygen atoms in total. The lowest BCUT2D eigenvalue weighted by Gasteiger charge is -2.10. The number of carbonyl (C=O) groups is 3. The van der Waals surface area contributed by atoms with Crippen molar-refractivity contribution in [3.05, 3.63) is 89.2 Å². The number of aromatic nitrogens is 2. The molecule has 1 heterocycles. The van der Waals surface area contributed by atoms with Gasteiger partial charge >= 0.3 is 6.16 Å². The van der Waals surface area contributed by atoms with Gasteiger partial charge in [0.1, 0.15) is 5.75 Å². The van der Waals surface area contributed by atoms with Crippen molar-refractivity contribution in [1.29, 1.82) is 0 Å². The molecule has 0 atom stereocenters. The molecule has 4 rings (SSSR count). The van der Waals surface area contributed by atoms with Crippen LogP contribution in [0.3, 0.4) is 0 Å². The van der Waals surface area contributed by atoms with E-state index in [-0.39, 0.29) is 24.2 Å². The molecular formula is C27H24N4O5. The number of fused-ring (bicyclic) bond motifs is 1. The maximum absolute atomic E-state index is 12.8. The van der Waals surface area contributed by atoms with Crippen molar-refractivity contribution in [2.45, 2.75) is 20.8 Å². The third-order valence-corrected chi connectivity index (χ3v) is 5.30. The van der Waals surface area contributed by atoms with Gasteiger partial charge in [-0.15, -0.1) is 0 Å². The molecule has 0 aliphatic heterocycles. The minimum atomic E-state index is -0.810. The van der Waals surface area contributed by atoms with Gasteiger partial charge in [-0.05, 0) is 81.4 Å². The summed E-state index contributed by atoms with van der Waals surface area (Å²) in [6.45, 7) is 5.65. The lowest BCUT2D eigenvalue weighted by molar-refractivity contribution is 0.101. The molecule has 0 aliphatic rings. The lowest BCUT2D eigenvalue weighted by atomic mass is 10.1. The normalized spacial score (nSPS) is 10.5. The van der Waals surface area contributed by atoms with E-state index in [9.17, 15) is 14.4 Å². The number of nitrogens with one attached hydrogen (secondary N) is 2. The Kier molecular flexibility index (Phi) is 7.20. The molecule has 0 spiro atoms. The first-order chi connectivity index (χ1) is 17.3. The van der Waals surface area contributed by atoms with Crippen molar-refractivity contribution >= 4 is 40.4 Å². The molecule has 0 saturated heterocycles. The minimum Gasteiger partial charge on any atom is -0.434 e. The van der Waals surface area contributed by atoms with Gasteiger partial charge in [-0.1, -0.05) is 6.07 Å². The van der Waals surface area contributed by atoms with Crippen molar-refractivity contribution in [3.8, 4) is 5.75 Å². The fraction of sp³-hybridized carbons (Fsp3) is 0.148. The summed E-state index contributed by atoms with van der Waals surface area (Å²) in [5, 5.41) is 5.63. The van der Waals surface area contributed by atoms with Crippen LogP contribution in [0, 0.1) is 13.8 Å². The van der Waals surface area contributed by atoms with Crippen LogP contribution in [0.4, 0.5) is 16.2 Å². The Morgan fingerprint density at radius 3 is 1.97 bits per heavy atom. The average Bonchev–Trinajstić information content (AvgIpc) is 2.85. The number of ether oxygens (including phenoxy) is 2. The third kappa shape index (κ3) is 5.82. The Labute approximate surface area is 207 Å². The Morgan fingerprint density at radius 2 is 1.33 bits per heavy atom. The Balaban J connectivity index is 1.42. The van der Waals surface area contributed by atoms with Crippen LogP contribution < -0.4 is 15.4 Å². The molecule has 2 N–H and O–H groups in total. The van der Waals surface area contributed by atoms with Crippen LogP contribution in [0.5, 0.6) is 5.75 Å². The van der Waals surface area contributed by atoms with Crippen LogP contribution in [0.1, 0.15) is 39.0 Å². The van der Waals surface area contributed by atoms with Gasteiger partial charge < -0.3 is 20.1 Å². The van der Waals surface area contributed by atoms with Crippen molar-refractivity contribution in [1.82, 2.24) is 9.97 Å². The molecular weight excluding hydrogens is 460 g/mol. The molecule has 0 unspecified atom stereocenters. The fourth-order valence-corrected chi connectivity index (χ4v) is 3.37. The van der Waals surface area contributed by atoms with Crippen LogP contribution in [0.15, 0.2) is 66.7 Å². The van der Waals surface area contributed by atoms with E-state index >= 15 is 0 Å². The average molecular weight is 485 g/mol. The number of benzene rings is 3. The zero-order valence-electron chi connectivity index (χ0n) is 20.0. The van der Waals surface area contributed by atoms with E-state index in [2.05, 4.69) is 20.6 Å². The van der Waals surface area contributed by atoms with Gasteiger partial charge in [-0.3, -0.25) is 9.59 Å². The molecule has 2 amide bonds. The molecule has 0 fully saturated rings. The first kappa shape index (κ1) is 24.3. The summed E-state index contributed by atoms with van der Waals surface area (Å²) in [4.78, 5) is 45.8. The van der Waals surface area contributed by atoms with E-state index in [4.69, 9.17) is 9.47 Å². The maximum atomic E-state index is 12.8. The Morgan fingerprint density at radius 1 is 0.750 bits per heavy atom. The molecule has 1 aromatic heterocycles. The second-order valence-corrected chi connectivity index (χ2v) is 7.90. The molecule has 36 heavy (non-hydrogen) atoms. The van der Waals surface area contributed by atoms with Crippen molar-refractivity contribution in [2.24, 2.45) is 0 Å². The topological polar surface area (TPSA) is 120 Å². The first-order valence-electron chi connectivity index (χ1n) is 11.2. The number of rotatable bonds is 6. The van der Waals surface area contributed by atoms with Gasteiger partial charge in [-0.25, -0.2) is 14.8 Å². The van der Waals surface area contributed by atoms with E-state index in [0.717, 1.165) is 16.9 Å². The molecule has 9 heteroatoms. The Bertz CT molecular complexity index is 1450. The van der Waals surface area contributed by atoms with E-state index in [0.29, 0.717) is 28.0 Å². The number of anilines is 2. The monoisotopic (exact) mass is 484 g/mol. The largest absolute Gasteiger partial charge is 0.513 e. The second-order valence-electron chi connectivity index (χ2n) is 7.90. The van der Waals surface area contributed by atoms with Crippen molar-refractivity contribution < 1.29 is 23.9 Å². The van der Waals surface area contributed by atoms with Crippen molar-refractivity contribution in [3.63, 3.8) is 0 Å². The van der Waals surface area contributed by atoms with Crippen LogP contribution in [-0.4, -0.2) is 34.5 Å². The van der Waals surface area contributed by atoms with Crippen LogP contribution in [-0.2, 0) is 4.74 Å². The molecule has 182 valence electrons. The van der Waals surface area contributed by atoms with Crippen LogP contribution >= 0.6 is 0 Å². The standard InChI is InChI=1S/C27H24N4O5/c1-4-35-27(34)36-22-11-8-18(9-12-22)25(32)30-20-6-5-7-21(15-20)31-26(33)19-10-13-23-24(14-19)29-17(3)16(2)28-23/h5-15H,4H2,1-3H3,(H,30,32)(H,31,33). The molecule has 3 aromatic carbocycles. The smallest absolute Gasteiger partial charge is 0.434 e. The quantitative estimate of drug-likeness (QED) is 0.282. The van der Waals surface area contributed by atoms with E-state index in [1.807, 2.05) is 13.8 Å². The molecule has 0 saturated carbocycles.